The number of guanidine groups is 1. The predicted octanol–water partition coefficient (Wildman–Crippen LogP) is 3.33. The van der Waals surface area contributed by atoms with Crippen molar-refractivity contribution in [2.24, 2.45) is 10.9 Å². The Balaban J connectivity index is 0.00000280. The van der Waals surface area contributed by atoms with Gasteiger partial charge in [-0.05, 0) is 63.4 Å². The lowest BCUT2D eigenvalue weighted by molar-refractivity contribution is 0.191. The lowest BCUT2D eigenvalue weighted by Gasteiger charge is -2.30. The van der Waals surface area contributed by atoms with E-state index in [2.05, 4.69) is 55.2 Å². The number of hydrogen-bond donors (Lipinski definition) is 2. The molecule has 1 aromatic heterocycles. The first-order chi connectivity index (χ1) is 13.3. The van der Waals surface area contributed by atoms with Crippen LogP contribution in [0.3, 0.4) is 0 Å². The van der Waals surface area contributed by atoms with Crippen molar-refractivity contribution in [1.29, 1.82) is 0 Å². The summed E-state index contributed by atoms with van der Waals surface area (Å²) in [5.41, 5.74) is 2.26. The summed E-state index contributed by atoms with van der Waals surface area (Å²) in [5, 5.41) is 6.85. The van der Waals surface area contributed by atoms with E-state index in [1.165, 1.54) is 38.0 Å². The molecule has 0 radical (unpaired) electrons. The maximum absolute atomic E-state index is 4.44. The average Bonchev–Trinajstić information content (AvgIpc) is 3.11. The van der Waals surface area contributed by atoms with Crippen LogP contribution in [-0.2, 0) is 6.54 Å². The number of hydrogen-bond acceptors (Lipinski definition) is 3. The SMILES string of the molecule is CN=C(NCCCN1CCC(C)CC1)NCCCn1cnc2ccccc21.I. The molecule has 0 unspecified atom stereocenters. The van der Waals surface area contributed by atoms with Crippen LogP contribution in [0.5, 0.6) is 0 Å². The van der Waals surface area contributed by atoms with Crippen LogP contribution in [0.15, 0.2) is 35.6 Å². The number of nitrogens with one attached hydrogen (secondary N) is 2. The minimum Gasteiger partial charge on any atom is -0.356 e. The zero-order valence-electron chi connectivity index (χ0n) is 17.2. The lowest BCUT2D eigenvalue weighted by Crippen LogP contribution is -2.40. The molecular formula is C21H35IN6. The average molecular weight is 498 g/mol. The van der Waals surface area contributed by atoms with Crippen LogP contribution in [0.4, 0.5) is 0 Å². The first kappa shape index (κ1) is 22.9. The summed E-state index contributed by atoms with van der Waals surface area (Å²) in [7, 11) is 1.84. The van der Waals surface area contributed by atoms with Crippen LogP contribution >= 0.6 is 24.0 Å². The highest BCUT2D eigenvalue weighted by molar-refractivity contribution is 14.0. The summed E-state index contributed by atoms with van der Waals surface area (Å²) >= 11 is 0. The van der Waals surface area contributed by atoms with Gasteiger partial charge in [-0.1, -0.05) is 19.1 Å². The molecule has 2 heterocycles. The normalized spacial score (nSPS) is 16.1. The smallest absolute Gasteiger partial charge is 0.190 e. The van der Waals surface area contributed by atoms with Crippen molar-refractivity contribution in [3.63, 3.8) is 0 Å². The van der Waals surface area contributed by atoms with Gasteiger partial charge in [0, 0.05) is 26.7 Å². The third-order valence-electron chi connectivity index (χ3n) is 5.44. The fraction of sp³-hybridized carbons (Fsp3) is 0.619. The summed E-state index contributed by atoms with van der Waals surface area (Å²) in [4.78, 5) is 11.4. The molecule has 3 rings (SSSR count). The molecule has 6 nitrogen and oxygen atoms in total. The molecule has 2 aromatic rings. The monoisotopic (exact) mass is 498 g/mol. The Hall–Kier alpha value is -1.35. The van der Waals surface area contributed by atoms with Gasteiger partial charge in [0.05, 0.1) is 17.4 Å². The second-order valence-corrected chi connectivity index (χ2v) is 7.58. The van der Waals surface area contributed by atoms with Crippen molar-refractivity contribution in [3.8, 4) is 0 Å². The van der Waals surface area contributed by atoms with Gasteiger partial charge >= 0.3 is 0 Å². The fourth-order valence-electron chi connectivity index (χ4n) is 3.66. The predicted molar refractivity (Wildman–Crippen MR) is 129 cm³/mol. The highest BCUT2D eigenvalue weighted by atomic mass is 127. The maximum Gasteiger partial charge on any atom is 0.190 e. The molecule has 0 saturated carbocycles. The Kier molecular flexibility index (Phi) is 10.0. The Morgan fingerprint density at radius 3 is 2.50 bits per heavy atom. The highest BCUT2D eigenvalue weighted by Crippen LogP contribution is 2.15. The van der Waals surface area contributed by atoms with Crippen LogP contribution < -0.4 is 10.6 Å². The van der Waals surface area contributed by atoms with Crippen LogP contribution in [0.25, 0.3) is 11.0 Å². The molecule has 0 bridgehead atoms. The van der Waals surface area contributed by atoms with Crippen molar-refractivity contribution in [2.75, 3.05) is 39.8 Å². The molecule has 2 N–H and O–H groups in total. The number of imidazole rings is 1. The Labute approximate surface area is 186 Å². The van der Waals surface area contributed by atoms with Crippen LogP contribution in [0, 0.1) is 5.92 Å². The van der Waals surface area contributed by atoms with Crippen LogP contribution in [0.1, 0.15) is 32.6 Å². The molecule has 1 aromatic carbocycles. The molecule has 1 saturated heterocycles. The van der Waals surface area contributed by atoms with E-state index in [0.29, 0.717) is 0 Å². The number of para-hydroxylation sites is 2. The van der Waals surface area contributed by atoms with Crippen molar-refractivity contribution in [1.82, 2.24) is 25.1 Å². The van der Waals surface area contributed by atoms with Gasteiger partial charge in [0.25, 0.3) is 0 Å². The van der Waals surface area contributed by atoms with Gasteiger partial charge in [0.1, 0.15) is 0 Å². The van der Waals surface area contributed by atoms with E-state index in [1.54, 1.807) is 0 Å². The first-order valence-corrected chi connectivity index (χ1v) is 10.3. The van der Waals surface area contributed by atoms with Crippen molar-refractivity contribution >= 4 is 41.0 Å². The highest BCUT2D eigenvalue weighted by Gasteiger charge is 2.14. The van der Waals surface area contributed by atoms with Crippen LogP contribution in [-0.4, -0.2) is 60.2 Å². The van der Waals surface area contributed by atoms with Crippen molar-refractivity contribution < 1.29 is 0 Å². The van der Waals surface area contributed by atoms with Gasteiger partial charge in [0.2, 0.25) is 0 Å². The zero-order valence-corrected chi connectivity index (χ0v) is 19.6. The maximum atomic E-state index is 4.44. The molecule has 28 heavy (non-hydrogen) atoms. The third kappa shape index (κ3) is 6.92. The molecule has 0 amide bonds. The Morgan fingerprint density at radius 1 is 1.11 bits per heavy atom. The summed E-state index contributed by atoms with van der Waals surface area (Å²) in [6.07, 6.45) is 6.83. The molecule has 1 aliphatic heterocycles. The fourth-order valence-corrected chi connectivity index (χ4v) is 3.66. The molecular weight excluding hydrogens is 463 g/mol. The lowest BCUT2D eigenvalue weighted by atomic mass is 9.99. The van der Waals surface area contributed by atoms with Crippen molar-refractivity contribution in [3.05, 3.63) is 30.6 Å². The summed E-state index contributed by atoms with van der Waals surface area (Å²) in [6, 6.07) is 8.28. The number of halogens is 1. The van der Waals surface area contributed by atoms with E-state index in [-0.39, 0.29) is 24.0 Å². The molecule has 156 valence electrons. The van der Waals surface area contributed by atoms with Crippen LogP contribution in [0.2, 0.25) is 0 Å². The second-order valence-electron chi connectivity index (χ2n) is 7.58. The standard InChI is InChI=1S/C21H34N6.HI/c1-18-9-15-26(16-10-18)13-5-11-23-21(22-2)24-12-6-14-27-17-25-19-7-3-4-8-20(19)27;/h3-4,7-8,17-18H,5-6,9-16H2,1-2H3,(H2,22,23,24);1H. The van der Waals surface area contributed by atoms with E-state index >= 15 is 0 Å². The number of nitrogens with zero attached hydrogens (tertiary/aromatic N) is 4. The molecule has 1 aliphatic rings. The summed E-state index contributed by atoms with van der Waals surface area (Å²) < 4.78 is 2.21. The quantitative estimate of drug-likeness (QED) is 0.254. The second kappa shape index (κ2) is 12.3. The van der Waals surface area contributed by atoms with Gasteiger partial charge in [-0.2, -0.15) is 0 Å². The zero-order chi connectivity index (χ0) is 18.9. The molecule has 0 aliphatic carbocycles. The van der Waals surface area contributed by atoms with Gasteiger partial charge in [-0.25, -0.2) is 4.98 Å². The van der Waals surface area contributed by atoms with E-state index in [4.69, 9.17) is 0 Å². The van der Waals surface area contributed by atoms with Gasteiger partial charge < -0.3 is 20.1 Å². The number of aryl methyl sites for hydroxylation is 1. The number of likely N-dealkylation sites (tertiary alicyclic amines) is 1. The van der Waals surface area contributed by atoms with Crippen molar-refractivity contribution in [2.45, 2.75) is 39.2 Å². The third-order valence-corrected chi connectivity index (χ3v) is 5.44. The Morgan fingerprint density at radius 2 is 1.79 bits per heavy atom. The number of benzene rings is 1. The number of aromatic nitrogens is 2. The number of aliphatic imine (C=N–C) groups is 1. The first-order valence-electron chi connectivity index (χ1n) is 10.3. The Bertz CT molecular complexity index is 721. The van der Waals surface area contributed by atoms with E-state index < -0.39 is 0 Å². The minimum atomic E-state index is 0. The van der Waals surface area contributed by atoms with E-state index in [9.17, 15) is 0 Å². The molecule has 7 heteroatoms. The largest absolute Gasteiger partial charge is 0.356 e. The number of rotatable bonds is 8. The topological polar surface area (TPSA) is 57.5 Å². The summed E-state index contributed by atoms with van der Waals surface area (Å²) in [6.45, 7) is 8.90. The van der Waals surface area contributed by atoms with E-state index in [0.717, 1.165) is 49.9 Å². The molecule has 1 fully saturated rings. The number of piperidine rings is 1. The summed E-state index contributed by atoms with van der Waals surface area (Å²) in [5.74, 6) is 1.81. The molecule has 0 atom stereocenters. The van der Waals surface area contributed by atoms with Gasteiger partial charge in [-0.15, -0.1) is 24.0 Å². The van der Waals surface area contributed by atoms with Gasteiger partial charge in [0.15, 0.2) is 5.96 Å². The van der Waals surface area contributed by atoms with E-state index in [1.807, 2.05) is 19.4 Å². The number of fused-ring (bicyclic) bond motifs is 1. The minimum absolute atomic E-state index is 0. The van der Waals surface area contributed by atoms with Gasteiger partial charge in [-0.3, -0.25) is 4.99 Å². The molecule has 0 spiro atoms.